The molecule has 0 saturated carbocycles. The average molecular weight is 349 g/mol. The number of hydrogen-bond acceptors (Lipinski definition) is 3. The van der Waals surface area contributed by atoms with Gasteiger partial charge in [0, 0.05) is 13.1 Å². The maximum Gasteiger partial charge on any atom is 0.224 e. The molecular formula is C19H25ClN2O2. The Balaban J connectivity index is 0.00000288. The van der Waals surface area contributed by atoms with E-state index < -0.39 is 0 Å². The number of carbonyl (C=O) groups is 1. The molecule has 0 unspecified atom stereocenters. The molecule has 2 aromatic carbocycles. The molecule has 130 valence electrons. The molecule has 0 aliphatic carbocycles. The Bertz CT molecular complexity index is 647. The molecule has 0 spiro atoms. The normalized spacial score (nSPS) is 9.92. The van der Waals surface area contributed by atoms with Crippen molar-refractivity contribution in [1.29, 1.82) is 0 Å². The third-order valence-corrected chi connectivity index (χ3v) is 3.62. The van der Waals surface area contributed by atoms with Crippen molar-refractivity contribution in [3.63, 3.8) is 0 Å². The van der Waals surface area contributed by atoms with Crippen molar-refractivity contribution >= 4 is 18.3 Å². The Kier molecular flexibility index (Phi) is 8.90. The van der Waals surface area contributed by atoms with E-state index >= 15 is 0 Å². The van der Waals surface area contributed by atoms with Gasteiger partial charge in [-0.15, -0.1) is 12.4 Å². The molecule has 0 radical (unpaired) electrons. The van der Waals surface area contributed by atoms with E-state index in [2.05, 4.69) is 29.7 Å². The van der Waals surface area contributed by atoms with Crippen molar-refractivity contribution in [3.8, 4) is 5.75 Å². The minimum atomic E-state index is 0. The van der Waals surface area contributed by atoms with Gasteiger partial charge >= 0.3 is 0 Å². The smallest absolute Gasteiger partial charge is 0.224 e. The lowest BCUT2D eigenvalue weighted by Gasteiger charge is -2.10. The number of ether oxygens (including phenoxy) is 1. The lowest BCUT2D eigenvalue weighted by atomic mass is 10.1. The second-order valence-electron chi connectivity index (χ2n) is 5.49. The minimum absolute atomic E-state index is 0. The average Bonchev–Trinajstić information content (AvgIpc) is 2.55. The van der Waals surface area contributed by atoms with Gasteiger partial charge in [0.25, 0.3) is 0 Å². The summed E-state index contributed by atoms with van der Waals surface area (Å²) in [5, 5.41) is 5.87. The van der Waals surface area contributed by atoms with E-state index in [1.165, 1.54) is 11.1 Å². The number of amides is 1. The zero-order chi connectivity index (χ0) is 16.5. The second-order valence-corrected chi connectivity index (χ2v) is 5.49. The summed E-state index contributed by atoms with van der Waals surface area (Å²) in [5.74, 6) is 0.810. The first-order valence-corrected chi connectivity index (χ1v) is 7.86. The summed E-state index contributed by atoms with van der Waals surface area (Å²) in [6.45, 7) is 4.01. The molecule has 0 bridgehead atoms. The number of hydrogen-bond donors (Lipinski definition) is 2. The van der Waals surface area contributed by atoms with Crippen LogP contribution >= 0.6 is 12.4 Å². The maximum absolute atomic E-state index is 11.8. The highest BCUT2D eigenvalue weighted by molar-refractivity contribution is 5.85. The topological polar surface area (TPSA) is 50.4 Å². The van der Waals surface area contributed by atoms with Gasteiger partial charge in [-0.05, 0) is 42.8 Å². The Morgan fingerprint density at radius 2 is 1.88 bits per heavy atom. The van der Waals surface area contributed by atoms with Crippen LogP contribution in [-0.4, -0.2) is 26.0 Å². The summed E-state index contributed by atoms with van der Waals surface area (Å²) in [5.41, 5.74) is 3.34. The number of carbonyl (C=O) groups excluding carboxylic acids is 1. The molecule has 4 nitrogen and oxygen atoms in total. The summed E-state index contributed by atoms with van der Waals surface area (Å²) in [7, 11) is 1.86. The van der Waals surface area contributed by atoms with Crippen LogP contribution < -0.4 is 15.4 Å². The summed E-state index contributed by atoms with van der Waals surface area (Å²) < 4.78 is 5.85. The van der Waals surface area contributed by atoms with Gasteiger partial charge in [-0.3, -0.25) is 4.79 Å². The van der Waals surface area contributed by atoms with Gasteiger partial charge in [0.05, 0.1) is 6.42 Å². The largest absolute Gasteiger partial charge is 0.489 e. The second kappa shape index (κ2) is 10.7. The molecule has 5 heteroatoms. The SMILES string of the molecule is CNCCNC(=O)Cc1cccc(OCc2ccccc2C)c1.Cl. The molecule has 0 aromatic heterocycles. The molecule has 2 rings (SSSR count). The van der Waals surface area contributed by atoms with Crippen LogP contribution in [0.4, 0.5) is 0 Å². The third-order valence-electron chi connectivity index (χ3n) is 3.62. The summed E-state index contributed by atoms with van der Waals surface area (Å²) in [6, 6.07) is 15.9. The van der Waals surface area contributed by atoms with Crippen LogP contribution in [0.3, 0.4) is 0 Å². The van der Waals surface area contributed by atoms with Crippen LogP contribution in [0.15, 0.2) is 48.5 Å². The van der Waals surface area contributed by atoms with Crippen molar-refractivity contribution < 1.29 is 9.53 Å². The lowest BCUT2D eigenvalue weighted by molar-refractivity contribution is -0.120. The molecule has 1 amide bonds. The highest BCUT2D eigenvalue weighted by Crippen LogP contribution is 2.17. The molecule has 2 N–H and O–H groups in total. The lowest BCUT2D eigenvalue weighted by Crippen LogP contribution is -2.31. The van der Waals surface area contributed by atoms with Gasteiger partial charge in [0.1, 0.15) is 12.4 Å². The first kappa shape index (κ1) is 20.0. The predicted octanol–water partition coefficient (Wildman–Crippen LogP) is 2.87. The number of halogens is 1. The van der Waals surface area contributed by atoms with Crippen LogP contribution in [0, 0.1) is 6.92 Å². The monoisotopic (exact) mass is 348 g/mol. The molecule has 0 fully saturated rings. The van der Waals surface area contributed by atoms with Crippen LogP contribution in [0.25, 0.3) is 0 Å². The molecule has 24 heavy (non-hydrogen) atoms. The fourth-order valence-corrected chi connectivity index (χ4v) is 2.25. The molecule has 0 heterocycles. The van der Waals surface area contributed by atoms with E-state index in [-0.39, 0.29) is 18.3 Å². The fraction of sp³-hybridized carbons (Fsp3) is 0.316. The molecular weight excluding hydrogens is 324 g/mol. The van der Waals surface area contributed by atoms with Gasteiger partial charge in [-0.2, -0.15) is 0 Å². The molecule has 2 aromatic rings. The van der Waals surface area contributed by atoms with Gasteiger partial charge < -0.3 is 15.4 Å². The maximum atomic E-state index is 11.8. The number of likely N-dealkylation sites (N-methyl/N-ethyl adjacent to an activating group) is 1. The molecule has 0 aliphatic heterocycles. The van der Waals surface area contributed by atoms with Gasteiger partial charge in [0.15, 0.2) is 0 Å². The minimum Gasteiger partial charge on any atom is -0.489 e. The quantitative estimate of drug-likeness (QED) is 0.721. The molecule has 0 aliphatic rings. The third kappa shape index (κ3) is 6.60. The Morgan fingerprint density at radius 1 is 1.08 bits per heavy atom. The number of benzene rings is 2. The first-order valence-electron chi connectivity index (χ1n) is 7.86. The number of nitrogens with one attached hydrogen (secondary N) is 2. The Labute approximate surface area is 150 Å². The fourth-order valence-electron chi connectivity index (χ4n) is 2.25. The molecule has 0 atom stereocenters. The van der Waals surface area contributed by atoms with Gasteiger partial charge in [-0.25, -0.2) is 0 Å². The zero-order valence-corrected chi connectivity index (χ0v) is 15.0. The highest BCUT2D eigenvalue weighted by atomic mass is 35.5. The van der Waals surface area contributed by atoms with Crippen molar-refractivity contribution in [2.24, 2.45) is 0 Å². The van der Waals surface area contributed by atoms with Crippen molar-refractivity contribution in [2.75, 3.05) is 20.1 Å². The van der Waals surface area contributed by atoms with E-state index in [0.29, 0.717) is 19.6 Å². The summed E-state index contributed by atoms with van der Waals surface area (Å²) in [6.07, 6.45) is 0.366. The summed E-state index contributed by atoms with van der Waals surface area (Å²) >= 11 is 0. The van der Waals surface area contributed by atoms with Crippen LogP contribution in [0.5, 0.6) is 5.75 Å². The van der Waals surface area contributed by atoms with E-state index in [0.717, 1.165) is 17.9 Å². The van der Waals surface area contributed by atoms with Crippen LogP contribution in [0.1, 0.15) is 16.7 Å². The van der Waals surface area contributed by atoms with E-state index in [4.69, 9.17) is 4.74 Å². The number of aryl methyl sites for hydroxylation is 1. The van der Waals surface area contributed by atoms with E-state index in [9.17, 15) is 4.79 Å². The Morgan fingerprint density at radius 3 is 2.62 bits per heavy atom. The number of rotatable bonds is 8. The van der Waals surface area contributed by atoms with Crippen LogP contribution in [0.2, 0.25) is 0 Å². The molecule has 0 saturated heterocycles. The van der Waals surface area contributed by atoms with Gasteiger partial charge in [-0.1, -0.05) is 36.4 Å². The van der Waals surface area contributed by atoms with Crippen molar-refractivity contribution in [1.82, 2.24) is 10.6 Å². The highest BCUT2D eigenvalue weighted by Gasteiger charge is 2.05. The van der Waals surface area contributed by atoms with Crippen molar-refractivity contribution in [2.45, 2.75) is 20.0 Å². The van der Waals surface area contributed by atoms with E-state index in [1.807, 2.05) is 43.4 Å². The Hall–Kier alpha value is -2.04. The van der Waals surface area contributed by atoms with Crippen molar-refractivity contribution in [3.05, 3.63) is 65.2 Å². The zero-order valence-electron chi connectivity index (χ0n) is 14.2. The van der Waals surface area contributed by atoms with Crippen LogP contribution in [-0.2, 0) is 17.8 Å². The first-order chi connectivity index (χ1) is 11.2. The summed E-state index contributed by atoms with van der Waals surface area (Å²) in [4.78, 5) is 11.8. The van der Waals surface area contributed by atoms with E-state index in [1.54, 1.807) is 0 Å². The predicted molar refractivity (Wildman–Crippen MR) is 99.8 cm³/mol. The van der Waals surface area contributed by atoms with Gasteiger partial charge in [0.2, 0.25) is 5.91 Å². The standard InChI is InChI=1S/C19H24N2O2.ClH/c1-15-6-3-4-8-17(15)14-23-18-9-5-7-16(12-18)13-19(22)21-11-10-20-2;/h3-9,12,20H,10-11,13-14H2,1-2H3,(H,21,22);1H.